The summed E-state index contributed by atoms with van der Waals surface area (Å²) in [5.41, 5.74) is 2.32. The number of sulfonamides is 1. The number of hydrogen-bond donors (Lipinski definition) is 1. The summed E-state index contributed by atoms with van der Waals surface area (Å²) in [7, 11) is -3.80. The number of ether oxygens (including phenoxy) is 1. The lowest BCUT2D eigenvalue weighted by Crippen LogP contribution is -2.27. The highest BCUT2D eigenvalue weighted by Gasteiger charge is 2.20. The van der Waals surface area contributed by atoms with Crippen LogP contribution in [0.15, 0.2) is 83.8 Å². The number of hydrogen-bond acceptors (Lipinski definition) is 5. The number of nitrogens with one attached hydrogen (secondary N) is 1. The van der Waals surface area contributed by atoms with Gasteiger partial charge < -0.3 is 9.64 Å². The molecule has 0 aliphatic carbocycles. The highest BCUT2D eigenvalue weighted by molar-refractivity contribution is 7.89. The van der Waals surface area contributed by atoms with Crippen molar-refractivity contribution in [2.24, 2.45) is 0 Å². The lowest BCUT2D eigenvalue weighted by molar-refractivity contribution is 0.0472. The maximum atomic E-state index is 12.6. The fourth-order valence-electron chi connectivity index (χ4n) is 3.73. The summed E-state index contributed by atoms with van der Waals surface area (Å²) < 4.78 is 33.2. The summed E-state index contributed by atoms with van der Waals surface area (Å²) in [6.07, 6.45) is 2.07. The molecule has 1 saturated heterocycles. The molecule has 0 atom stereocenters. The zero-order chi connectivity index (χ0) is 24.0. The quantitative estimate of drug-likeness (QED) is 0.498. The molecule has 1 aliphatic heterocycles. The Kier molecular flexibility index (Phi) is 7.40. The Morgan fingerprint density at radius 1 is 0.824 bits per heavy atom. The van der Waals surface area contributed by atoms with Crippen LogP contribution in [-0.2, 0) is 27.9 Å². The normalized spacial score (nSPS) is 13.6. The average Bonchev–Trinajstić information content (AvgIpc) is 3.42. The molecule has 0 aromatic heterocycles. The third-order valence-electron chi connectivity index (χ3n) is 5.65. The maximum absolute atomic E-state index is 12.6. The monoisotopic (exact) mass is 478 g/mol. The minimum Gasteiger partial charge on any atom is -0.457 e. The highest BCUT2D eigenvalue weighted by Crippen LogP contribution is 2.16. The van der Waals surface area contributed by atoms with E-state index in [0.29, 0.717) is 5.56 Å². The molecule has 3 aromatic carbocycles. The summed E-state index contributed by atoms with van der Waals surface area (Å²) in [6, 6.07) is 21.9. The second kappa shape index (κ2) is 10.6. The van der Waals surface area contributed by atoms with E-state index in [-0.39, 0.29) is 29.5 Å². The van der Waals surface area contributed by atoms with Gasteiger partial charge in [0.15, 0.2) is 0 Å². The Bertz CT molecular complexity index is 1250. The van der Waals surface area contributed by atoms with Crippen molar-refractivity contribution in [3.8, 4) is 0 Å². The van der Waals surface area contributed by atoms with E-state index in [2.05, 4.69) is 4.72 Å². The molecule has 8 heteroatoms. The van der Waals surface area contributed by atoms with Gasteiger partial charge in [0.25, 0.3) is 5.91 Å². The molecular formula is C26H26N2O5S. The van der Waals surface area contributed by atoms with Crippen LogP contribution in [-0.4, -0.2) is 38.3 Å². The predicted molar refractivity (Wildman–Crippen MR) is 128 cm³/mol. The summed E-state index contributed by atoms with van der Waals surface area (Å²) >= 11 is 0. The van der Waals surface area contributed by atoms with Crippen molar-refractivity contribution in [1.82, 2.24) is 9.62 Å². The van der Waals surface area contributed by atoms with Crippen LogP contribution in [0.25, 0.3) is 0 Å². The van der Waals surface area contributed by atoms with Crippen molar-refractivity contribution in [3.63, 3.8) is 0 Å². The van der Waals surface area contributed by atoms with Crippen LogP contribution < -0.4 is 4.72 Å². The van der Waals surface area contributed by atoms with Crippen LogP contribution in [0.3, 0.4) is 0 Å². The topological polar surface area (TPSA) is 92.8 Å². The van der Waals surface area contributed by atoms with Gasteiger partial charge in [0.1, 0.15) is 6.61 Å². The van der Waals surface area contributed by atoms with Crippen molar-refractivity contribution < 1.29 is 22.7 Å². The lowest BCUT2D eigenvalue weighted by atomic mass is 10.1. The number of amides is 1. The van der Waals surface area contributed by atoms with Crippen molar-refractivity contribution in [2.45, 2.75) is 30.9 Å². The highest BCUT2D eigenvalue weighted by atomic mass is 32.2. The van der Waals surface area contributed by atoms with Crippen molar-refractivity contribution in [1.29, 1.82) is 0 Å². The molecule has 0 radical (unpaired) electrons. The van der Waals surface area contributed by atoms with Crippen LogP contribution in [0.4, 0.5) is 0 Å². The molecule has 1 fully saturated rings. The molecule has 1 aliphatic rings. The van der Waals surface area contributed by atoms with Gasteiger partial charge >= 0.3 is 5.97 Å². The number of carbonyl (C=O) groups excluding carboxylic acids is 2. The fraction of sp³-hybridized carbons (Fsp3) is 0.231. The molecule has 176 valence electrons. The van der Waals surface area contributed by atoms with E-state index < -0.39 is 16.0 Å². The number of esters is 1. The average molecular weight is 479 g/mol. The molecule has 1 amide bonds. The van der Waals surface area contributed by atoms with Gasteiger partial charge in [0.2, 0.25) is 10.0 Å². The molecule has 0 unspecified atom stereocenters. The first-order valence-electron chi connectivity index (χ1n) is 11.1. The number of nitrogens with zero attached hydrogens (tertiary/aromatic N) is 1. The summed E-state index contributed by atoms with van der Waals surface area (Å²) in [4.78, 5) is 26.8. The first-order valence-corrected chi connectivity index (χ1v) is 12.6. The molecule has 1 N–H and O–H groups in total. The minimum absolute atomic E-state index is 0.0114. The maximum Gasteiger partial charge on any atom is 0.338 e. The first-order chi connectivity index (χ1) is 16.4. The molecule has 3 aromatic rings. The lowest BCUT2D eigenvalue weighted by Gasteiger charge is -2.15. The molecule has 1 heterocycles. The molecular weight excluding hydrogens is 452 g/mol. The van der Waals surface area contributed by atoms with E-state index in [9.17, 15) is 18.0 Å². The minimum atomic E-state index is -3.80. The Balaban J connectivity index is 1.35. The fourth-order valence-corrected chi connectivity index (χ4v) is 4.79. The molecule has 0 spiro atoms. The zero-order valence-electron chi connectivity index (χ0n) is 18.6. The van der Waals surface area contributed by atoms with Gasteiger partial charge in [0.05, 0.1) is 10.5 Å². The number of benzene rings is 3. The SMILES string of the molecule is O=C(OCc1ccc(C(=O)N2CCCC2)cc1)c1cccc(S(=O)(=O)NCc2ccccc2)c1. The van der Waals surface area contributed by atoms with Gasteiger partial charge in [-0.25, -0.2) is 17.9 Å². The second-order valence-corrected chi connectivity index (χ2v) is 9.88. The molecule has 34 heavy (non-hydrogen) atoms. The Morgan fingerprint density at radius 2 is 1.53 bits per heavy atom. The molecule has 4 rings (SSSR count). The summed E-state index contributed by atoms with van der Waals surface area (Å²) in [5, 5.41) is 0. The van der Waals surface area contributed by atoms with Crippen LogP contribution in [0.1, 0.15) is 44.7 Å². The molecule has 0 bridgehead atoms. The Hall–Kier alpha value is -3.49. The number of carbonyl (C=O) groups is 2. The van der Waals surface area contributed by atoms with E-state index >= 15 is 0 Å². The third-order valence-corrected chi connectivity index (χ3v) is 7.05. The largest absolute Gasteiger partial charge is 0.457 e. The van der Waals surface area contributed by atoms with E-state index in [0.717, 1.165) is 37.1 Å². The van der Waals surface area contributed by atoms with Gasteiger partial charge in [-0.3, -0.25) is 4.79 Å². The molecule has 0 saturated carbocycles. The van der Waals surface area contributed by atoms with Gasteiger partial charge in [0, 0.05) is 25.2 Å². The summed E-state index contributed by atoms with van der Waals surface area (Å²) in [5.74, 6) is -0.614. The van der Waals surface area contributed by atoms with E-state index in [1.165, 1.54) is 24.3 Å². The van der Waals surface area contributed by atoms with Crippen LogP contribution in [0, 0.1) is 0 Å². The van der Waals surface area contributed by atoms with Crippen LogP contribution in [0.2, 0.25) is 0 Å². The van der Waals surface area contributed by atoms with Crippen LogP contribution in [0.5, 0.6) is 0 Å². The number of rotatable bonds is 8. The van der Waals surface area contributed by atoms with Crippen molar-refractivity contribution in [3.05, 3.63) is 101 Å². The smallest absolute Gasteiger partial charge is 0.338 e. The Morgan fingerprint density at radius 3 is 2.24 bits per heavy atom. The van der Waals surface area contributed by atoms with E-state index in [1.54, 1.807) is 24.3 Å². The van der Waals surface area contributed by atoms with Gasteiger partial charge in [-0.15, -0.1) is 0 Å². The number of likely N-dealkylation sites (tertiary alicyclic amines) is 1. The Labute approximate surface area is 199 Å². The third kappa shape index (κ3) is 5.89. The van der Waals surface area contributed by atoms with E-state index in [1.807, 2.05) is 35.2 Å². The van der Waals surface area contributed by atoms with Crippen molar-refractivity contribution >= 4 is 21.9 Å². The second-order valence-electron chi connectivity index (χ2n) is 8.11. The van der Waals surface area contributed by atoms with Gasteiger partial charge in [-0.1, -0.05) is 48.5 Å². The van der Waals surface area contributed by atoms with E-state index in [4.69, 9.17) is 4.74 Å². The van der Waals surface area contributed by atoms with Gasteiger partial charge in [-0.2, -0.15) is 0 Å². The summed E-state index contributed by atoms with van der Waals surface area (Å²) in [6.45, 7) is 1.73. The van der Waals surface area contributed by atoms with Crippen LogP contribution >= 0.6 is 0 Å². The standard InChI is InChI=1S/C26H26N2O5S/c29-25(28-15-4-5-16-28)22-13-11-21(12-14-22)19-33-26(30)23-9-6-10-24(17-23)34(31,32)27-18-20-7-2-1-3-8-20/h1-3,6-14,17,27H,4-5,15-16,18-19H2. The molecule has 7 nitrogen and oxygen atoms in total. The zero-order valence-corrected chi connectivity index (χ0v) is 19.5. The predicted octanol–water partition coefficient (Wildman–Crippen LogP) is 3.76. The first kappa shape index (κ1) is 23.7. The van der Waals surface area contributed by atoms with Crippen molar-refractivity contribution in [2.75, 3.05) is 13.1 Å². The van der Waals surface area contributed by atoms with Gasteiger partial charge in [-0.05, 0) is 54.3 Å².